The molecule has 5 nitrogen and oxygen atoms in total. The van der Waals surface area contributed by atoms with Crippen molar-refractivity contribution in [1.82, 2.24) is 14.7 Å². The number of carbonyl (C=O) groups is 1. The van der Waals surface area contributed by atoms with E-state index in [1.54, 1.807) is 0 Å². The number of allylic oxidation sites excluding steroid dienone is 1. The molecule has 1 N–H and O–H groups in total. The number of rotatable bonds is 7. The molecule has 1 aromatic rings. The van der Waals surface area contributed by atoms with Crippen molar-refractivity contribution >= 4 is 5.97 Å². The van der Waals surface area contributed by atoms with Crippen LogP contribution in [0.3, 0.4) is 0 Å². The van der Waals surface area contributed by atoms with Gasteiger partial charge in [0.1, 0.15) is 0 Å². The molecule has 1 saturated heterocycles. The average Bonchev–Trinajstić information content (AvgIpc) is 3.18. The summed E-state index contributed by atoms with van der Waals surface area (Å²) in [5, 5.41) is 14.1. The molecule has 0 amide bonds. The van der Waals surface area contributed by atoms with Gasteiger partial charge in [-0.1, -0.05) is 18.9 Å². The Labute approximate surface area is 131 Å². The van der Waals surface area contributed by atoms with Gasteiger partial charge in [0, 0.05) is 24.8 Å². The molecule has 1 saturated carbocycles. The molecular formula is C17H25N3O2. The minimum Gasteiger partial charge on any atom is -0.481 e. The van der Waals surface area contributed by atoms with E-state index in [9.17, 15) is 9.90 Å². The third kappa shape index (κ3) is 3.40. The van der Waals surface area contributed by atoms with Crippen molar-refractivity contribution in [3.63, 3.8) is 0 Å². The lowest BCUT2D eigenvalue weighted by atomic mass is 9.75. The first-order chi connectivity index (χ1) is 10.6. The summed E-state index contributed by atoms with van der Waals surface area (Å²) >= 11 is 0. The molecule has 2 aliphatic rings. The van der Waals surface area contributed by atoms with Crippen LogP contribution < -0.4 is 0 Å². The molecule has 5 heteroatoms. The fourth-order valence-electron chi connectivity index (χ4n) is 3.64. The summed E-state index contributed by atoms with van der Waals surface area (Å²) in [4.78, 5) is 14.2. The number of carboxylic acids is 1. The zero-order chi connectivity index (χ0) is 15.6. The zero-order valence-corrected chi connectivity index (χ0v) is 13.1. The lowest BCUT2D eigenvalue weighted by Crippen LogP contribution is -2.47. The van der Waals surface area contributed by atoms with Crippen LogP contribution in [0.2, 0.25) is 0 Å². The number of piperidine rings is 1. The number of aromatic nitrogens is 2. The van der Waals surface area contributed by atoms with Gasteiger partial charge in [0.25, 0.3) is 0 Å². The third-order valence-electron chi connectivity index (χ3n) is 4.90. The van der Waals surface area contributed by atoms with Crippen LogP contribution in [0, 0.1) is 11.3 Å². The molecule has 1 unspecified atom stereocenters. The highest BCUT2D eigenvalue weighted by Gasteiger charge is 2.45. The van der Waals surface area contributed by atoms with Crippen LogP contribution >= 0.6 is 0 Å². The van der Waals surface area contributed by atoms with Crippen LogP contribution in [0.1, 0.15) is 37.7 Å². The first kappa shape index (κ1) is 15.3. The van der Waals surface area contributed by atoms with E-state index >= 15 is 0 Å². The number of hydrogen-bond donors (Lipinski definition) is 1. The molecular weight excluding hydrogens is 278 g/mol. The zero-order valence-electron chi connectivity index (χ0n) is 13.1. The van der Waals surface area contributed by atoms with E-state index in [1.807, 2.05) is 23.2 Å². The SMILES string of the molecule is C=CCn1cc(CN2CCCC(CC3CC3)(C(=O)O)C2)cn1. The molecule has 120 valence electrons. The van der Waals surface area contributed by atoms with Gasteiger partial charge in [-0.3, -0.25) is 14.4 Å². The molecule has 3 rings (SSSR count). The summed E-state index contributed by atoms with van der Waals surface area (Å²) in [5.41, 5.74) is 0.616. The van der Waals surface area contributed by atoms with Crippen molar-refractivity contribution < 1.29 is 9.90 Å². The fraction of sp³-hybridized carbons (Fsp3) is 0.647. The van der Waals surface area contributed by atoms with E-state index < -0.39 is 11.4 Å². The summed E-state index contributed by atoms with van der Waals surface area (Å²) in [6.45, 7) is 6.86. The Morgan fingerprint density at radius 2 is 2.36 bits per heavy atom. The summed E-state index contributed by atoms with van der Waals surface area (Å²) in [5.74, 6) is 0.0397. The van der Waals surface area contributed by atoms with E-state index in [2.05, 4.69) is 16.6 Å². The Balaban J connectivity index is 1.65. The van der Waals surface area contributed by atoms with Crippen molar-refractivity contribution in [3.8, 4) is 0 Å². The highest BCUT2D eigenvalue weighted by Crippen LogP contribution is 2.45. The fourth-order valence-corrected chi connectivity index (χ4v) is 3.64. The number of nitrogens with zero attached hydrogens (tertiary/aromatic N) is 3. The van der Waals surface area contributed by atoms with Crippen molar-refractivity contribution in [2.75, 3.05) is 13.1 Å². The van der Waals surface area contributed by atoms with Crippen LogP contribution in [0.15, 0.2) is 25.0 Å². The minimum absolute atomic E-state index is 0.531. The van der Waals surface area contributed by atoms with E-state index in [-0.39, 0.29) is 0 Å². The normalized spacial score (nSPS) is 26.0. The topological polar surface area (TPSA) is 58.4 Å². The third-order valence-corrected chi connectivity index (χ3v) is 4.90. The van der Waals surface area contributed by atoms with Crippen LogP contribution in [-0.2, 0) is 17.9 Å². The second kappa shape index (κ2) is 6.24. The number of aliphatic carboxylic acids is 1. The van der Waals surface area contributed by atoms with Crippen LogP contribution in [-0.4, -0.2) is 38.8 Å². The van der Waals surface area contributed by atoms with Crippen LogP contribution in [0.25, 0.3) is 0 Å². The highest BCUT2D eigenvalue weighted by molar-refractivity contribution is 5.75. The van der Waals surface area contributed by atoms with Gasteiger partial charge in [-0.05, 0) is 31.7 Å². The van der Waals surface area contributed by atoms with Gasteiger partial charge in [0.2, 0.25) is 0 Å². The molecule has 1 atom stereocenters. The molecule has 2 heterocycles. The molecule has 0 radical (unpaired) electrons. The molecule has 1 aromatic heterocycles. The standard InChI is InChI=1S/C17H25N3O2/c1-2-7-20-12-15(10-18-20)11-19-8-3-6-17(13-19,16(21)22)9-14-4-5-14/h2,10,12,14H,1,3-9,11,13H2,(H,21,22). The van der Waals surface area contributed by atoms with E-state index in [1.165, 1.54) is 12.8 Å². The van der Waals surface area contributed by atoms with Crippen molar-refractivity contribution in [2.24, 2.45) is 11.3 Å². The lowest BCUT2D eigenvalue weighted by Gasteiger charge is -2.40. The molecule has 0 aromatic carbocycles. The molecule has 0 spiro atoms. The average molecular weight is 303 g/mol. The predicted molar refractivity (Wildman–Crippen MR) is 84.3 cm³/mol. The second-order valence-electron chi connectivity index (χ2n) is 6.91. The smallest absolute Gasteiger partial charge is 0.310 e. The van der Waals surface area contributed by atoms with Crippen molar-refractivity contribution in [3.05, 3.63) is 30.6 Å². The number of likely N-dealkylation sites (tertiary alicyclic amines) is 1. The van der Waals surface area contributed by atoms with Crippen LogP contribution in [0.5, 0.6) is 0 Å². The summed E-state index contributed by atoms with van der Waals surface area (Å²) in [6, 6.07) is 0. The Morgan fingerprint density at radius 1 is 1.55 bits per heavy atom. The van der Waals surface area contributed by atoms with E-state index in [4.69, 9.17) is 0 Å². The molecule has 22 heavy (non-hydrogen) atoms. The molecule has 1 aliphatic heterocycles. The Kier molecular flexibility index (Phi) is 4.34. The van der Waals surface area contributed by atoms with Crippen molar-refractivity contribution in [2.45, 2.75) is 45.2 Å². The lowest BCUT2D eigenvalue weighted by molar-refractivity contribution is -0.153. The number of carboxylic acid groups (broad SMARTS) is 1. The molecule has 1 aliphatic carbocycles. The predicted octanol–water partition coefficient (Wildman–Crippen LogP) is 2.54. The van der Waals surface area contributed by atoms with Crippen LogP contribution in [0.4, 0.5) is 0 Å². The van der Waals surface area contributed by atoms with Gasteiger partial charge < -0.3 is 5.11 Å². The largest absolute Gasteiger partial charge is 0.481 e. The maximum Gasteiger partial charge on any atom is 0.310 e. The Bertz CT molecular complexity index is 550. The van der Waals surface area contributed by atoms with Crippen molar-refractivity contribution in [1.29, 1.82) is 0 Å². The van der Waals surface area contributed by atoms with Gasteiger partial charge in [0.05, 0.1) is 18.2 Å². The molecule has 2 fully saturated rings. The minimum atomic E-state index is -0.605. The summed E-state index contributed by atoms with van der Waals surface area (Å²) in [7, 11) is 0. The summed E-state index contributed by atoms with van der Waals surface area (Å²) in [6.07, 6.45) is 10.8. The maximum absolute atomic E-state index is 11.9. The van der Waals surface area contributed by atoms with Gasteiger partial charge in [0.15, 0.2) is 0 Å². The van der Waals surface area contributed by atoms with Gasteiger partial charge in [-0.15, -0.1) is 6.58 Å². The monoisotopic (exact) mass is 303 g/mol. The molecule has 0 bridgehead atoms. The highest BCUT2D eigenvalue weighted by atomic mass is 16.4. The number of hydrogen-bond acceptors (Lipinski definition) is 3. The first-order valence-electron chi connectivity index (χ1n) is 8.19. The maximum atomic E-state index is 11.9. The van der Waals surface area contributed by atoms with Gasteiger partial charge >= 0.3 is 5.97 Å². The quantitative estimate of drug-likeness (QED) is 0.786. The Hall–Kier alpha value is -1.62. The van der Waals surface area contributed by atoms with Gasteiger partial charge in [-0.25, -0.2) is 0 Å². The Morgan fingerprint density at radius 3 is 3.05 bits per heavy atom. The summed E-state index contributed by atoms with van der Waals surface area (Å²) < 4.78 is 1.86. The van der Waals surface area contributed by atoms with Gasteiger partial charge in [-0.2, -0.15) is 5.10 Å². The first-order valence-corrected chi connectivity index (χ1v) is 8.19. The van der Waals surface area contributed by atoms with E-state index in [0.29, 0.717) is 19.0 Å². The second-order valence-corrected chi connectivity index (χ2v) is 6.91. The van der Waals surface area contributed by atoms with E-state index in [0.717, 1.165) is 37.9 Å².